The van der Waals surface area contributed by atoms with Gasteiger partial charge in [0.15, 0.2) is 0 Å². The molecular formula is C17H13ClINO5. The lowest BCUT2D eigenvalue weighted by Crippen LogP contribution is -2.15. The van der Waals surface area contributed by atoms with E-state index in [9.17, 15) is 14.4 Å². The van der Waals surface area contributed by atoms with Gasteiger partial charge in [0.05, 0.1) is 30.9 Å². The molecule has 0 bridgehead atoms. The Balaban J connectivity index is 2.38. The molecule has 0 saturated carbocycles. The first-order chi connectivity index (χ1) is 11.8. The quantitative estimate of drug-likeness (QED) is 0.540. The lowest BCUT2D eigenvalue weighted by Gasteiger charge is -2.10. The number of benzene rings is 2. The predicted octanol–water partition coefficient (Wildman–Crippen LogP) is 3.77. The molecular weight excluding hydrogens is 461 g/mol. The molecule has 0 aliphatic rings. The Morgan fingerprint density at radius 2 is 1.52 bits per heavy atom. The van der Waals surface area contributed by atoms with Gasteiger partial charge in [0.2, 0.25) is 0 Å². The summed E-state index contributed by atoms with van der Waals surface area (Å²) in [6, 6.07) is 9.01. The van der Waals surface area contributed by atoms with E-state index >= 15 is 0 Å². The molecule has 0 heterocycles. The molecule has 0 aliphatic carbocycles. The fourth-order valence-electron chi connectivity index (χ4n) is 2.04. The molecule has 25 heavy (non-hydrogen) atoms. The molecule has 0 spiro atoms. The van der Waals surface area contributed by atoms with Crippen LogP contribution in [0.15, 0.2) is 36.4 Å². The monoisotopic (exact) mass is 473 g/mol. The van der Waals surface area contributed by atoms with Crippen LogP contribution in [0.5, 0.6) is 0 Å². The van der Waals surface area contributed by atoms with Crippen LogP contribution in [0.3, 0.4) is 0 Å². The average Bonchev–Trinajstić information content (AvgIpc) is 2.59. The number of carbonyl (C=O) groups excluding carboxylic acids is 3. The van der Waals surface area contributed by atoms with E-state index in [1.165, 1.54) is 32.4 Å². The SMILES string of the molecule is COC(=O)c1cc(NC(=O)c2ccc(Cl)cc2I)cc(C(=O)OC)c1. The highest BCUT2D eigenvalue weighted by atomic mass is 127. The van der Waals surface area contributed by atoms with Gasteiger partial charge in [-0.25, -0.2) is 9.59 Å². The Hall–Kier alpha value is -2.13. The van der Waals surface area contributed by atoms with E-state index in [0.29, 0.717) is 14.2 Å². The van der Waals surface area contributed by atoms with Crippen molar-refractivity contribution in [2.45, 2.75) is 0 Å². The number of nitrogens with one attached hydrogen (secondary N) is 1. The van der Waals surface area contributed by atoms with E-state index in [1.54, 1.807) is 18.2 Å². The summed E-state index contributed by atoms with van der Waals surface area (Å²) in [5.41, 5.74) is 0.908. The Morgan fingerprint density at radius 1 is 0.960 bits per heavy atom. The summed E-state index contributed by atoms with van der Waals surface area (Å²) in [5.74, 6) is -1.68. The smallest absolute Gasteiger partial charge is 0.337 e. The van der Waals surface area contributed by atoms with Crippen molar-refractivity contribution in [3.8, 4) is 0 Å². The maximum absolute atomic E-state index is 12.5. The predicted molar refractivity (Wildman–Crippen MR) is 101 cm³/mol. The second kappa shape index (κ2) is 8.30. The van der Waals surface area contributed by atoms with Crippen molar-refractivity contribution in [1.29, 1.82) is 0 Å². The van der Waals surface area contributed by atoms with Crippen LogP contribution in [-0.2, 0) is 9.47 Å². The minimum atomic E-state index is -0.637. The first-order valence-corrected chi connectivity index (χ1v) is 8.39. The van der Waals surface area contributed by atoms with Crippen molar-refractivity contribution in [2.75, 3.05) is 19.5 Å². The zero-order chi connectivity index (χ0) is 18.6. The fourth-order valence-corrected chi connectivity index (χ4v) is 3.16. The van der Waals surface area contributed by atoms with Crippen molar-refractivity contribution in [1.82, 2.24) is 0 Å². The molecule has 0 saturated heterocycles. The number of anilines is 1. The van der Waals surface area contributed by atoms with Gasteiger partial charge in [-0.3, -0.25) is 4.79 Å². The van der Waals surface area contributed by atoms with Gasteiger partial charge >= 0.3 is 11.9 Å². The largest absolute Gasteiger partial charge is 0.465 e. The number of methoxy groups -OCH3 is 2. The molecule has 0 radical (unpaired) electrons. The Morgan fingerprint density at radius 3 is 2.00 bits per heavy atom. The highest BCUT2D eigenvalue weighted by molar-refractivity contribution is 14.1. The third-order valence-corrected chi connectivity index (χ3v) is 4.34. The first kappa shape index (κ1) is 19.2. The van der Waals surface area contributed by atoms with Gasteiger partial charge in [0.25, 0.3) is 5.91 Å². The van der Waals surface area contributed by atoms with Crippen LogP contribution in [0.4, 0.5) is 5.69 Å². The van der Waals surface area contributed by atoms with Crippen LogP contribution in [0, 0.1) is 3.57 Å². The highest BCUT2D eigenvalue weighted by Gasteiger charge is 2.16. The maximum Gasteiger partial charge on any atom is 0.337 e. The third-order valence-electron chi connectivity index (χ3n) is 3.21. The van der Waals surface area contributed by atoms with Crippen LogP contribution >= 0.6 is 34.2 Å². The summed E-state index contributed by atoms with van der Waals surface area (Å²) in [5, 5.41) is 3.17. The van der Waals surface area contributed by atoms with Crippen molar-refractivity contribution >= 4 is 57.7 Å². The summed E-state index contributed by atoms with van der Waals surface area (Å²) in [4.78, 5) is 36.0. The molecule has 1 amide bonds. The van der Waals surface area contributed by atoms with E-state index in [-0.39, 0.29) is 16.8 Å². The van der Waals surface area contributed by atoms with Gasteiger partial charge in [-0.05, 0) is 59.0 Å². The van der Waals surface area contributed by atoms with Gasteiger partial charge in [0.1, 0.15) is 0 Å². The Bertz CT molecular complexity index is 819. The van der Waals surface area contributed by atoms with Crippen molar-refractivity contribution in [2.24, 2.45) is 0 Å². The molecule has 0 aromatic heterocycles. The molecule has 0 atom stereocenters. The summed E-state index contributed by atoms with van der Waals surface area (Å²) >= 11 is 7.88. The minimum absolute atomic E-state index is 0.117. The average molecular weight is 474 g/mol. The van der Waals surface area contributed by atoms with Crippen LogP contribution in [0.25, 0.3) is 0 Å². The molecule has 2 aromatic rings. The zero-order valence-corrected chi connectivity index (χ0v) is 16.2. The van der Waals surface area contributed by atoms with E-state index < -0.39 is 17.8 Å². The molecule has 8 heteroatoms. The van der Waals surface area contributed by atoms with E-state index in [4.69, 9.17) is 11.6 Å². The van der Waals surface area contributed by atoms with Crippen molar-refractivity contribution in [3.05, 3.63) is 61.7 Å². The third kappa shape index (κ3) is 4.70. The number of hydrogen-bond acceptors (Lipinski definition) is 5. The number of amides is 1. The zero-order valence-electron chi connectivity index (χ0n) is 13.3. The van der Waals surface area contributed by atoms with E-state index in [2.05, 4.69) is 14.8 Å². The van der Waals surface area contributed by atoms with Crippen molar-refractivity contribution < 1.29 is 23.9 Å². The van der Waals surface area contributed by atoms with Crippen LogP contribution < -0.4 is 5.32 Å². The number of rotatable bonds is 4. The Labute approximate surface area is 162 Å². The molecule has 1 N–H and O–H groups in total. The topological polar surface area (TPSA) is 81.7 Å². The van der Waals surface area contributed by atoms with Crippen molar-refractivity contribution in [3.63, 3.8) is 0 Å². The lowest BCUT2D eigenvalue weighted by molar-refractivity contribution is 0.0599. The fraction of sp³-hybridized carbons (Fsp3) is 0.118. The minimum Gasteiger partial charge on any atom is -0.465 e. The molecule has 2 aromatic carbocycles. The van der Waals surface area contributed by atoms with E-state index in [1.807, 2.05) is 22.6 Å². The number of hydrogen-bond donors (Lipinski definition) is 1. The molecule has 2 rings (SSSR count). The van der Waals surface area contributed by atoms with Gasteiger partial charge in [-0.1, -0.05) is 11.6 Å². The second-order valence-corrected chi connectivity index (χ2v) is 6.46. The summed E-state index contributed by atoms with van der Waals surface area (Å²) in [6.45, 7) is 0. The number of halogens is 2. The lowest BCUT2D eigenvalue weighted by atomic mass is 10.1. The number of carbonyl (C=O) groups is 3. The molecule has 0 fully saturated rings. The van der Waals surface area contributed by atoms with Crippen LogP contribution in [0.2, 0.25) is 5.02 Å². The standard InChI is InChI=1S/C17H13ClINO5/c1-24-16(22)9-5-10(17(23)25-2)7-12(6-9)20-15(21)13-4-3-11(18)8-14(13)19/h3-8H,1-2H3,(H,20,21). The Kier molecular flexibility index (Phi) is 6.38. The van der Waals surface area contributed by atoms with Gasteiger partial charge in [-0.2, -0.15) is 0 Å². The molecule has 0 aliphatic heterocycles. The highest BCUT2D eigenvalue weighted by Crippen LogP contribution is 2.21. The van der Waals surface area contributed by atoms with Crippen LogP contribution in [-0.4, -0.2) is 32.1 Å². The van der Waals surface area contributed by atoms with Gasteiger partial charge in [0, 0.05) is 14.3 Å². The molecule has 130 valence electrons. The first-order valence-electron chi connectivity index (χ1n) is 6.94. The van der Waals surface area contributed by atoms with Crippen LogP contribution in [0.1, 0.15) is 31.1 Å². The summed E-state index contributed by atoms with van der Waals surface area (Å²) in [7, 11) is 2.45. The normalized spacial score (nSPS) is 10.1. The number of ether oxygens (including phenoxy) is 2. The van der Waals surface area contributed by atoms with Gasteiger partial charge in [-0.15, -0.1) is 0 Å². The maximum atomic E-state index is 12.5. The number of esters is 2. The van der Waals surface area contributed by atoms with Gasteiger partial charge < -0.3 is 14.8 Å². The summed E-state index contributed by atoms with van der Waals surface area (Å²) in [6.07, 6.45) is 0. The van der Waals surface area contributed by atoms with E-state index in [0.717, 1.165) is 0 Å². The molecule has 6 nitrogen and oxygen atoms in total. The molecule has 0 unspecified atom stereocenters. The second-order valence-electron chi connectivity index (χ2n) is 4.86. The summed E-state index contributed by atoms with van der Waals surface area (Å²) < 4.78 is 9.99.